The van der Waals surface area contributed by atoms with E-state index in [0.717, 1.165) is 64.6 Å². The second-order valence-corrected chi connectivity index (χ2v) is 8.38. The molecular weight excluding hydrogens is 368 g/mol. The van der Waals surface area contributed by atoms with E-state index in [9.17, 15) is 9.59 Å². The number of fused-ring (bicyclic) bond motifs is 2. The number of rotatable bonds is 0. The first-order valence-electron chi connectivity index (χ1n) is 10.1. The van der Waals surface area contributed by atoms with Crippen LogP contribution in [0.25, 0.3) is 75.4 Å². The van der Waals surface area contributed by atoms with E-state index in [2.05, 4.69) is 24.3 Å². The summed E-state index contributed by atoms with van der Waals surface area (Å²) in [6, 6.07) is 23.9. The Bertz CT molecular complexity index is 1930. The summed E-state index contributed by atoms with van der Waals surface area (Å²) >= 11 is 0. The lowest BCUT2D eigenvalue weighted by molar-refractivity contribution is 1.70. The summed E-state index contributed by atoms with van der Waals surface area (Å²) in [4.78, 5) is 25.8. The highest BCUT2D eigenvalue weighted by Crippen LogP contribution is 2.49. The molecule has 8 rings (SSSR count). The molecule has 0 atom stereocenters. The lowest BCUT2D eigenvalue weighted by Crippen LogP contribution is -2.04. The molecule has 0 unspecified atom stereocenters. The molecule has 0 amide bonds. The zero-order valence-corrected chi connectivity index (χ0v) is 15.7. The second kappa shape index (κ2) is 4.58. The Morgan fingerprint density at radius 1 is 0.367 bits per heavy atom. The second-order valence-electron chi connectivity index (χ2n) is 8.38. The number of hydrogen-bond donors (Lipinski definition) is 0. The zero-order chi connectivity index (χ0) is 19.7. The molecule has 0 fully saturated rings. The van der Waals surface area contributed by atoms with Crippen molar-refractivity contribution in [2.45, 2.75) is 0 Å². The Morgan fingerprint density at radius 2 is 0.800 bits per heavy atom. The highest BCUT2D eigenvalue weighted by Gasteiger charge is 2.23. The van der Waals surface area contributed by atoms with Gasteiger partial charge in [0.2, 0.25) is 0 Å². The third-order valence-corrected chi connectivity index (χ3v) is 7.03. The maximum atomic E-state index is 12.9. The molecule has 0 radical (unpaired) electrons. The standard InChI is InChI=1S/C28H12O2/c29-21-10-8-18-16-6-2-4-14-12-20-22(30)9-7-17-15-5-1-3-13-11-19(21)26(18)27(23(13)15)28(24(14)16)25(17)20/h1-12H. The Labute approximate surface area is 168 Å². The van der Waals surface area contributed by atoms with Crippen molar-refractivity contribution < 1.29 is 0 Å². The van der Waals surface area contributed by atoms with Gasteiger partial charge < -0.3 is 0 Å². The van der Waals surface area contributed by atoms with Gasteiger partial charge in [-0.2, -0.15) is 0 Å². The zero-order valence-electron chi connectivity index (χ0n) is 15.7. The predicted molar refractivity (Wildman–Crippen MR) is 126 cm³/mol. The molecule has 0 saturated heterocycles. The monoisotopic (exact) mass is 380 g/mol. The minimum atomic E-state index is 0.0449. The summed E-state index contributed by atoms with van der Waals surface area (Å²) < 4.78 is 0. The van der Waals surface area contributed by atoms with Crippen LogP contribution in [0.15, 0.2) is 82.4 Å². The van der Waals surface area contributed by atoms with E-state index < -0.39 is 0 Å². The molecule has 0 bridgehead atoms. The van der Waals surface area contributed by atoms with Crippen LogP contribution in [0.5, 0.6) is 0 Å². The van der Waals surface area contributed by atoms with Gasteiger partial charge in [-0.1, -0.05) is 36.4 Å². The molecule has 8 aromatic carbocycles. The molecule has 2 nitrogen and oxygen atoms in total. The summed E-state index contributed by atoms with van der Waals surface area (Å²) in [5.74, 6) is 0. The van der Waals surface area contributed by atoms with Crippen LogP contribution >= 0.6 is 0 Å². The smallest absolute Gasteiger partial charge is 0.186 e. The van der Waals surface area contributed by atoms with Gasteiger partial charge in [0.05, 0.1) is 0 Å². The van der Waals surface area contributed by atoms with Crippen LogP contribution in [0, 0.1) is 0 Å². The van der Waals surface area contributed by atoms with E-state index in [1.54, 1.807) is 12.1 Å². The van der Waals surface area contributed by atoms with E-state index in [1.807, 2.05) is 36.4 Å². The first-order chi connectivity index (χ1) is 14.7. The molecule has 0 aliphatic carbocycles. The summed E-state index contributed by atoms with van der Waals surface area (Å²) in [7, 11) is 0. The average molecular weight is 380 g/mol. The number of hydrogen-bond acceptors (Lipinski definition) is 2. The van der Waals surface area contributed by atoms with E-state index in [4.69, 9.17) is 0 Å². The minimum Gasteiger partial charge on any atom is -0.289 e. The highest BCUT2D eigenvalue weighted by molar-refractivity contribution is 6.48. The van der Waals surface area contributed by atoms with Crippen molar-refractivity contribution in [2.24, 2.45) is 0 Å². The van der Waals surface area contributed by atoms with E-state index in [-0.39, 0.29) is 10.9 Å². The van der Waals surface area contributed by atoms with E-state index in [0.29, 0.717) is 0 Å². The lowest BCUT2D eigenvalue weighted by atomic mass is 9.81. The Hall–Kier alpha value is -4.04. The van der Waals surface area contributed by atoms with Crippen molar-refractivity contribution in [1.82, 2.24) is 0 Å². The molecule has 0 aliphatic heterocycles. The van der Waals surface area contributed by atoms with Crippen LogP contribution in [-0.4, -0.2) is 0 Å². The summed E-state index contributed by atoms with van der Waals surface area (Å²) in [6.45, 7) is 0. The van der Waals surface area contributed by atoms with Crippen LogP contribution in [-0.2, 0) is 0 Å². The fourth-order valence-electron chi connectivity index (χ4n) is 5.92. The summed E-state index contributed by atoms with van der Waals surface area (Å²) in [6.07, 6.45) is 0. The van der Waals surface area contributed by atoms with E-state index >= 15 is 0 Å². The Balaban J connectivity index is 2.00. The van der Waals surface area contributed by atoms with Crippen LogP contribution in [0.2, 0.25) is 0 Å². The SMILES string of the molecule is O=c1ccc2c3cccc4cc5c(=O)ccc6c7cccc8cc1c2c(c87)c(c43)c56. The van der Waals surface area contributed by atoms with Crippen LogP contribution in [0.1, 0.15) is 0 Å². The largest absolute Gasteiger partial charge is 0.289 e. The Kier molecular flexibility index (Phi) is 2.27. The third-order valence-electron chi connectivity index (χ3n) is 7.03. The highest BCUT2D eigenvalue weighted by atomic mass is 16.1. The van der Waals surface area contributed by atoms with Crippen LogP contribution < -0.4 is 10.9 Å². The molecule has 8 aromatic rings. The molecular formula is C28H12O2. The maximum absolute atomic E-state index is 12.9. The predicted octanol–water partition coefficient (Wildman–Crippen LogP) is 6.23. The quantitative estimate of drug-likeness (QED) is 0.231. The topological polar surface area (TPSA) is 34.1 Å². The van der Waals surface area contributed by atoms with Gasteiger partial charge in [0.25, 0.3) is 0 Å². The fourth-order valence-corrected chi connectivity index (χ4v) is 5.92. The summed E-state index contributed by atoms with van der Waals surface area (Å²) in [5.41, 5.74) is 0.0898. The van der Waals surface area contributed by atoms with Gasteiger partial charge in [-0.25, -0.2) is 0 Å². The van der Waals surface area contributed by atoms with Gasteiger partial charge in [0.1, 0.15) is 0 Å². The molecule has 0 aliphatic rings. The first kappa shape index (κ1) is 14.9. The molecule has 0 heterocycles. The van der Waals surface area contributed by atoms with Gasteiger partial charge in [0.15, 0.2) is 10.9 Å². The third kappa shape index (κ3) is 1.43. The molecule has 0 N–H and O–H groups in total. The number of benzene rings is 8. The summed E-state index contributed by atoms with van der Waals surface area (Å²) in [5, 5.41) is 14.8. The van der Waals surface area contributed by atoms with Crippen molar-refractivity contribution in [3.8, 4) is 0 Å². The van der Waals surface area contributed by atoms with Gasteiger partial charge in [-0.05, 0) is 79.5 Å². The van der Waals surface area contributed by atoms with Crippen LogP contribution in [0.4, 0.5) is 0 Å². The fraction of sp³-hybridized carbons (Fsp3) is 0. The molecule has 2 heteroatoms. The first-order valence-corrected chi connectivity index (χ1v) is 10.1. The van der Waals surface area contributed by atoms with Gasteiger partial charge in [-0.15, -0.1) is 0 Å². The van der Waals surface area contributed by atoms with Crippen molar-refractivity contribution in [1.29, 1.82) is 0 Å². The van der Waals surface area contributed by atoms with Crippen molar-refractivity contribution in [3.63, 3.8) is 0 Å². The molecule has 0 spiro atoms. The molecule has 0 saturated carbocycles. The molecule has 0 aromatic heterocycles. The minimum absolute atomic E-state index is 0.0449. The maximum Gasteiger partial charge on any atom is 0.186 e. The van der Waals surface area contributed by atoms with Crippen molar-refractivity contribution in [2.75, 3.05) is 0 Å². The van der Waals surface area contributed by atoms with Gasteiger partial charge >= 0.3 is 0 Å². The lowest BCUT2D eigenvalue weighted by Gasteiger charge is -2.21. The van der Waals surface area contributed by atoms with Crippen molar-refractivity contribution in [3.05, 3.63) is 93.2 Å². The van der Waals surface area contributed by atoms with E-state index in [1.165, 1.54) is 10.8 Å². The molecule has 136 valence electrons. The normalized spacial score (nSPS) is 12.9. The Morgan fingerprint density at radius 3 is 1.27 bits per heavy atom. The van der Waals surface area contributed by atoms with Crippen molar-refractivity contribution >= 4 is 75.4 Å². The van der Waals surface area contributed by atoms with Gasteiger partial charge in [0, 0.05) is 32.3 Å². The van der Waals surface area contributed by atoms with Crippen LogP contribution in [0.3, 0.4) is 0 Å². The van der Waals surface area contributed by atoms with Gasteiger partial charge in [-0.3, -0.25) is 9.59 Å². The molecule has 30 heavy (non-hydrogen) atoms. The average Bonchev–Trinajstić information content (AvgIpc) is 2.77.